The minimum Gasteiger partial charge on any atom is -0.465 e. The average molecular weight is 195 g/mol. The van der Waals surface area contributed by atoms with Gasteiger partial charge in [-0.15, -0.1) is 0 Å². The van der Waals surface area contributed by atoms with E-state index in [4.69, 9.17) is 4.42 Å². The highest BCUT2D eigenvalue weighted by Crippen LogP contribution is 2.21. The number of methoxy groups -OCH3 is 1. The molecule has 0 aliphatic rings. The summed E-state index contributed by atoms with van der Waals surface area (Å²) in [6.07, 6.45) is 1.15. The zero-order chi connectivity index (χ0) is 10.1. The molecule has 0 atom stereocenters. The van der Waals surface area contributed by atoms with Gasteiger partial charge in [0, 0.05) is 0 Å². The Labute approximate surface area is 78.3 Å². The summed E-state index contributed by atoms with van der Waals surface area (Å²) in [5.74, 6) is -1.45. The van der Waals surface area contributed by atoms with Gasteiger partial charge in [0.15, 0.2) is 12.0 Å². The zero-order valence-corrected chi connectivity index (χ0v) is 7.28. The second kappa shape index (κ2) is 3.10. The first-order valence-corrected chi connectivity index (χ1v) is 3.84. The molecule has 14 heavy (non-hydrogen) atoms. The van der Waals surface area contributed by atoms with E-state index in [-0.39, 0.29) is 11.1 Å². The van der Waals surface area contributed by atoms with Crippen LogP contribution in [0.5, 0.6) is 0 Å². The van der Waals surface area contributed by atoms with E-state index in [9.17, 15) is 9.18 Å². The lowest BCUT2D eigenvalue weighted by molar-refractivity contribution is 0.0596. The normalized spacial score (nSPS) is 10.4. The molecule has 2 rings (SSSR count). The third-order valence-corrected chi connectivity index (χ3v) is 1.84. The van der Waals surface area contributed by atoms with Gasteiger partial charge in [0.1, 0.15) is 16.9 Å². The molecular formula is C9H6FNO3. The van der Waals surface area contributed by atoms with E-state index in [0.717, 1.165) is 12.5 Å². The average Bonchev–Trinajstić information content (AvgIpc) is 2.64. The fourth-order valence-electron chi connectivity index (χ4n) is 1.20. The summed E-state index contributed by atoms with van der Waals surface area (Å²) in [6, 6.07) is 2.58. The molecule has 4 nitrogen and oxygen atoms in total. The lowest BCUT2D eigenvalue weighted by Gasteiger charge is -2.00. The van der Waals surface area contributed by atoms with Gasteiger partial charge < -0.3 is 9.15 Å². The number of esters is 1. The Balaban J connectivity index is 2.76. The van der Waals surface area contributed by atoms with Crippen molar-refractivity contribution in [1.29, 1.82) is 0 Å². The van der Waals surface area contributed by atoms with Crippen molar-refractivity contribution in [1.82, 2.24) is 4.98 Å². The number of ether oxygens (including phenoxy) is 1. The number of carbonyl (C=O) groups is 1. The number of halogens is 1. The van der Waals surface area contributed by atoms with E-state index in [2.05, 4.69) is 9.72 Å². The molecule has 2 aromatic rings. The van der Waals surface area contributed by atoms with Crippen LogP contribution >= 0.6 is 0 Å². The standard InChI is InChI=1S/C9H6FNO3/c1-13-9(12)7-5(10)2-3-6-8(7)14-4-11-6/h2-4H,1H3. The first-order chi connectivity index (χ1) is 6.74. The molecule has 5 heteroatoms. The number of carbonyl (C=O) groups excluding carboxylic acids is 1. The minimum absolute atomic E-state index is 0.108. The van der Waals surface area contributed by atoms with Crippen molar-refractivity contribution in [3.63, 3.8) is 0 Å². The van der Waals surface area contributed by atoms with Gasteiger partial charge in [-0.05, 0) is 12.1 Å². The van der Waals surface area contributed by atoms with Crippen LogP contribution in [-0.2, 0) is 4.74 Å². The van der Waals surface area contributed by atoms with Crippen molar-refractivity contribution < 1.29 is 18.3 Å². The number of rotatable bonds is 1. The Hall–Kier alpha value is -1.91. The lowest BCUT2D eigenvalue weighted by Crippen LogP contribution is -2.04. The topological polar surface area (TPSA) is 52.3 Å². The quantitative estimate of drug-likeness (QED) is 0.650. The highest BCUT2D eigenvalue weighted by atomic mass is 19.1. The van der Waals surface area contributed by atoms with E-state index in [0.29, 0.717) is 5.52 Å². The van der Waals surface area contributed by atoms with Gasteiger partial charge in [0.2, 0.25) is 0 Å². The summed E-state index contributed by atoms with van der Waals surface area (Å²) < 4.78 is 22.6. The monoisotopic (exact) mass is 195 g/mol. The molecule has 0 spiro atoms. The first kappa shape index (κ1) is 8.68. The van der Waals surface area contributed by atoms with Gasteiger partial charge in [-0.2, -0.15) is 0 Å². The van der Waals surface area contributed by atoms with Crippen LogP contribution in [0.3, 0.4) is 0 Å². The van der Waals surface area contributed by atoms with Crippen LogP contribution in [0.4, 0.5) is 4.39 Å². The zero-order valence-electron chi connectivity index (χ0n) is 7.28. The van der Waals surface area contributed by atoms with E-state index in [1.807, 2.05) is 0 Å². The summed E-state index contributed by atoms with van der Waals surface area (Å²) in [5, 5.41) is 0. The maximum atomic E-state index is 13.2. The van der Waals surface area contributed by atoms with Gasteiger partial charge >= 0.3 is 5.97 Å². The van der Waals surface area contributed by atoms with Crippen molar-refractivity contribution in [2.75, 3.05) is 7.11 Å². The van der Waals surface area contributed by atoms with E-state index < -0.39 is 11.8 Å². The molecule has 0 bridgehead atoms. The van der Waals surface area contributed by atoms with Gasteiger partial charge in [-0.3, -0.25) is 0 Å². The summed E-state index contributed by atoms with van der Waals surface area (Å²) in [5.41, 5.74) is 0.311. The summed E-state index contributed by atoms with van der Waals surface area (Å²) in [7, 11) is 1.18. The van der Waals surface area contributed by atoms with Gasteiger partial charge in [-0.25, -0.2) is 14.2 Å². The van der Waals surface area contributed by atoms with Crippen molar-refractivity contribution in [2.24, 2.45) is 0 Å². The Morgan fingerprint density at radius 1 is 1.57 bits per heavy atom. The highest BCUT2D eigenvalue weighted by molar-refractivity contribution is 6.01. The molecular weight excluding hydrogens is 189 g/mol. The Bertz CT molecular complexity index is 492. The molecule has 0 fully saturated rings. The maximum Gasteiger partial charge on any atom is 0.344 e. The Morgan fingerprint density at radius 2 is 2.36 bits per heavy atom. The largest absolute Gasteiger partial charge is 0.465 e. The van der Waals surface area contributed by atoms with Crippen LogP contribution in [-0.4, -0.2) is 18.1 Å². The fraction of sp³-hybridized carbons (Fsp3) is 0.111. The minimum atomic E-state index is -0.773. The molecule has 1 aromatic heterocycles. The van der Waals surface area contributed by atoms with Gasteiger partial charge in [-0.1, -0.05) is 0 Å². The van der Waals surface area contributed by atoms with Crippen molar-refractivity contribution >= 4 is 17.1 Å². The molecule has 0 aliphatic carbocycles. The van der Waals surface area contributed by atoms with E-state index in [1.54, 1.807) is 0 Å². The third kappa shape index (κ3) is 1.14. The molecule has 0 unspecified atom stereocenters. The molecule has 72 valence electrons. The lowest BCUT2D eigenvalue weighted by atomic mass is 10.2. The number of hydrogen-bond donors (Lipinski definition) is 0. The molecule has 1 aromatic carbocycles. The molecule has 0 aliphatic heterocycles. The molecule has 0 radical (unpaired) electrons. The number of fused-ring (bicyclic) bond motifs is 1. The Kier molecular flexibility index (Phi) is 1.92. The number of oxazole rings is 1. The molecule has 0 saturated carbocycles. The van der Waals surface area contributed by atoms with E-state index in [1.165, 1.54) is 13.2 Å². The molecule has 1 heterocycles. The number of benzene rings is 1. The van der Waals surface area contributed by atoms with Crippen LogP contribution in [0.25, 0.3) is 11.1 Å². The van der Waals surface area contributed by atoms with Crippen molar-refractivity contribution in [3.8, 4) is 0 Å². The Morgan fingerprint density at radius 3 is 3.07 bits per heavy atom. The van der Waals surface area contributed by atoms with Crippen LogP contribution in [0.1, 0.15) is 10.4 Å². The van der Waals surface area contributed by atoms with Crippen molar-refractivity contribution in [3.05, 3.63) is 29.9 Å². The second-order valence-corrected chi connectivity index (χ2v) is 2.61. The molecule has 0 N–H and O–H groups in total. The van der Waals surface area contributed by atoms with Gasteiger partial charge in [0.05, 0.1) is 7.11 Å². The smallest absolute Gasteiger partial charge is 0.344 e. The molecule has 0 amide bonds. The summed E-state index contributed by atoms with van der Waals surface area (Å²) in [4.78, 5) is 15.0. The fourth-order valence-corrected chi connectivity index (χ4v) is 1.20. The molecule has 0 saturated heterocycles. The number of nitrogens with zero attached hydrogens (tertiary/aromatic N) is 1. The van der Waals surface area contributed by atoms with Crippen LogP contribution in [0.2, 0.25) is 0 Å². The van der Waals surface area contributed by atoms with E-state index >= 15 is 0 Å². The second-order valence-electron chi connectivity index (χ2n) is 2.61. The van der Waals surface area contributed by atoms with Gasteiger partial charge in [0.25, 0.3) is 0 Å². The van der Waals surface area contributed by atoms with Crippen LogP contribution in [0.15, 0.2) is 22.9 Å². The van der Waals surface area contributed by atoms with Crippen LogP contribution in [0, 0.1) is 5.82 Å². The maximum absolute atomic E-state index is 13.2. The number of hydrogen-bond acceptors (Lipinski definition) is 4. The summed E-state index contributed by atoms with van der Waals surface area (Å²) in [6.45, 7) is 0. The third-order valence-electron chi connectivity index (χ3n) is 1.84. The summed E-state index contributed by atoms with van der Waals surface area (Å²) >= 11 is 0. The predicted octanol–water partition coefficient (Wildman–Crippen LogP) is 1.75. The SMILES string of the molecule is COC(=O)c1c(F)ccc2ncoc12. The number of aromatic nitrogens is 1. The highest BCUT2D eigenvalue weighted by Gasteiger charge is 2.19. The predicted molar refractivity (Wildman–Crippen MR) is 45.3 cm³/mol. The van der Waals surface area contributed by atoms with Crippen molar-refractivity contribution in [2.45, 2.75) is 0 Å². The van der Waals surface area contributed by atoms with Crippen LogP contribution < -0.4 is 0 Å². The first-order valence-electron chi connectivity index (χ1n) is 3.84.